The molecule has 5 nitrogen and oxygen atoms in total. The standard InChI is InChI=1S/C11H15NO4/c1-4-16-10(14)11(2,8-12)7-5-6-9(13)15-3/h5-6H,4,7H2,1-3H3/b6-5+. The van der Waals surface area contributed by atoms with Crippen molar-refractivity contribution in [2.24, 2.45) is 5.41 Å². The summed E-state index contributed by atoms with van der Waals surface area (Å²) < 4.78 is 9.15. The fraction of sp³-hybridized carbons (Fsp3) is 0.545. The monoisotopic (exact) mass is 225 g/mol. The Morgan fingerprint density at radius 3 is 2.56 bits per heavy atom. The van der Waals surface area contributed by atoms with Crippen molar-refractivity contribution in [3.8, 4) is 6.07 Å². The number of rotatable bonds is 5. The molecule has 0 amide bonds. The van der Waals surface area contributed by atoms with E-state index in [1.165, 1.54) is 26.2 Å². The van der Waals surface area contributed by atoms with Crippen LogP contribution >= 0.6 is 0 Å². The topological polar surface area (TPSA) is 76.4 Å². The van der Waals surface area contributed by atoms with Gasteiger partial charge in [-0.3, -0.25) is 4.79 Å². The number of esters is 2. The molecule has 16 heavy (non-hydrogen) atoms. The van der Waals surface area contributed by atoms with Crippen LogP contribution in [0, 0.1) is 16.7 Å². The molecule has 0 aliphatic heterocycles. The maximum atomic E-state index is 11.4. The minimum Gasteiger partial charge on any atom is -0.466 e. The Kier molecular flexibility index (Phi) is 5.86. The third-order valence-corrected chi connectivity index (χ3v) is 1.95. The first kappa shape index (κ1) is 14.2. The van der Waals surface area contributed by atoms with Gasteiger partial charge in [-0.1, -0.05) is 6.08 Å². The molecule has 0 radical (unpaired) electrons. The summed E-state index contributed by atoms with van der Waals surface area (Å²) in [5.41, 5.74) is -1.26. The minimum atomic E-state index is -1.26. The number of hydrogen-bond acceptors (Lipinski definition) is 5. The van der Waals surface area contributed by atoms with Gasteiger partial charge in [0.05, 0.1) is 19.8 Å². The van der Waals surface area contributed by atoms with Crippen LogP contribution in [-0.4, -0.2) is 25.7 Å². The second-order valence-electron chi connectivity index (χ2n) is 3.29. The van der Waals surface area contributed by atoms with Crippen molar-refractivity contribution in [2.75, 3.05) is 13.7 Å². The molecule has 0 saturated heterocycles. The van der Waals surface area contributed by atoms with E-state index in [0.717, 1.165) is 0 Å². The largest absolute Gasteiger partial charge is 0.466 e. The molecule has 0 bridgehead atoms. The summed E-state index contributed by atoms with van der Waals surface area (Å²) in [6.45, 7) is 3.35. The lowest BCUT2D eigenvalue weighted by Gasteiger charge is -2.16. The molecule has 0 fully saturated rings. The van der Waals surface area contributed by atoms with E-state index in [-0.39, 0.29) is 13.0 Å². The van der Waals surface area contributed by atoms with Crippen molar-refractivity contribution < 1.29 is 19.1 Å². The van der Waals surface area contributed by atoms with Gasteiger partial charge in [0.25, 0.3) is 0 Å². The van der Waals surface area contributed by atoms with Crippen LogP contribution in [0.5, 0.6) is 0 Å². The van der Waals surface area contributed by atoms with Crippen LogP contribution in [0.25, 0.3) is 0 Å². The molecule has 0 N–H and O–H groups in total. The van der Waals surface area contributed by atoms with Crippen molar-refractivity contribution >= 4 is 11.9 Å². The van der Waals surface area contributed by atoms with Crippen molar-refractivity contribution in [3.05, 3.63) is 12.2 Å². The lowest BCUT2D eigenvalue weighted by atomic mass is 9.88. The number of carbonyl (C=O) groups excluding carboxylic acids is 2. The highest BCUT2D eigenvalue weighted by Gasteiger charge is 2.33. The van der Waals surface area contributed by atoms with E-state index in [9.17, 15) is 9.59 Å². The maximum absolute atomic E-state index is 11.4. The molecule has 0 spiro atoms. The van der Waals surface area contributed by atoms with Crippen LogP contribution in [0.3, 0.4) is 0 Å². The van der Waals surface area contributed by atoms with Gasteiger partial charge in [-0.05, 0) is 20.3 Å². The molecule has 0 aliphatic rings. The Hall–Kier alpha value is -1.83. The van der Waals surface area contributed by atoms with Crippen LogP contribution in [0.4, 0.5) is 0 Å². The molecule has 0 aliphatic carbocycles. The summed E-state index contributed by atoms with van der Waals surface area (Å²) >= 11 is 0. The summed E-state index contributed by atoms with van der Waals surface area (Å²) in [7, 11) is 1.25. The number of nitrogens with zero attached hydrogens (tertiary/aromatic N) is 1. The van der Waals surface area contributed by atoms with Gasteiger partial charge in [-0.2, -0.15) is 5.26 Å². The zero-order valence-corrected chi connectivity index (χ0v) is 9.65. The van der Waals surface area contributed by atoms with Gasteiger partial charge < -0.3 is 9.47 Å². The fourth-order valence-electron chi connectivity index (χ4n) is 0.924. The molecule has 1 atom stereocenters. The van der Waals surface area contributed by atoms with Gasteiger partial charge in [0.1, 0.15) is 0 Å². The van der Waals surface area contributed by atoms with E-state index in [4.69, 9.17) is 10.00 Å². The SMILES string of the molecule is CCOC(=O)C(C)(C#N)C/C=C/C(=O)OC. The van der Waals surface area contributed by atoms with Crippen LogP contribution in [-0.2, 0) is 19.1 Å². The summed E-state index contributed by atoms with van der Waals surface area (Å²) in [6.07, 6.45) is 2.71. The van der Waals surface area contributed by atoms with E-state index in [1.807, 2.05) is 6.07 Å². The lowest BCUT2D eigenvalue weighted by Crippen LogP contribution is -2.27. The first-order valence-electron chi connectivity index (χ1n) is 4.83. The molecule has 0 saturated carbocycles. The van der Waals surface area contributed by atoms with Gasteiger partial charge >= 0.3 is 11.9 Å². The van der Waals surface area contributed by atoms with Gasteiger partial charge in [-0.25, -0.2) is 4.79 Å². The van der Waals surface area contributed by atoms with E-state index >= 15 is 0 Å². The average molecular weight is 225 g/mol. The van der Waals surface area contributed by atoms with E-state index < -0.39 is 17.4 Å². The molecule has 5 heteroatoms. The maximum Gasteiger partial charge on any atom is 0.330 e. The van der Waals surface area contributed by atoms with Crippen LogP contribution in [0.15, 0.2) is 12.2 Å². The zero-order chi connectivity index (χ0) is 12.6. The van der Waals surface area contributed by atoms with Gasteiger partial charge in [-0.15, -0.1) is 0 Å². The van der Waals surface area contributed by atoms with Crippen LogP contribution in [0.2, 0.25) is 0 Å². The molecule has 0 aromatic carbocycles. The van der Waals surface area contributed by atoms with Crippen molar-refractivity contribution in [1.29, 1.82) is 5.26 Å². The normalized spacial score (nSPS) is 13.9. The molecule has 0 aromatic heterocycles. The number of hydrogen-bond donors (Lipinski definition) is 0. The highest BCUT2D eigenvalue weighted by Crippen LogP contribution is 2.22. The predicted molar refractivity (Wildman–Crippen MR) is 56.1 cm³/mol. The molecule has 88 valence electrons. The number of ether oxygens (including phenoxy) is 2. The molecular weight excluding hydrogens is 210 g/mol. The second-order valence-corrected chi connectivity index (χ2v) is 3.29. The van der Waals surface area contributed by atoms with Gasteiger partial charge in [0.2, 0.25) is 0 Å². The van der Waals surface area contributed by atoms with Crippen molar-refractivity contribution in [2.45, 2.75) is 20.3 Å². The molecule has 0 heterocycles. The van der Waals surface area contributed by atoms with E-state index in [2.05, 4.69) is 4.74 Å². The molecular formula is C11H15NO4. The summed E-state index contributed by atoms with van der Waals surface area (Å²) in [5, 5.41) is 8.90. The Morgan fingerprint density at radius 2 is 2.12 bits per heavy atom. The summed E-state index contributed by atoms with van der Waals surface area (Å²) in [5.74, 6) is -1.11. The van der Waals surface area contributed by atoms with Crippen LogP contribution in [0.1, 0.15) is 20.3 Å². The van der Waals surface area contributed by atoms with E-state index in [0.29, 0.717) is 0 Å². The predicted octanol–water partition coefficient (Wildman–Crippen LogP) is 1.20. The first-order chi connectivity index (χ1) is 7.50. The second kappa shape index (κ2) is 6.62. The quantitative estimate of drug-likeness (QED) is 0.519. The zero-order valence-electron chi connectivity index (χ0n) is 9.65. The third-order valence-electron chi connectivity index (χ3n) is 1.95. The average Bonchev–Trinajstić information content (AvgIpc) is 2.28. The third kappa shape index (κ3) is 4.13. The smallest absolute Gasteiger partial charge is 0.330 e. The Balaban J connectivity index is 4.51. The van der Waals surface area contributed by atoms with Gasteiger partial charge in [0.15, 0.2) is 5.41 Å². The summed E-state index contributed by atoms with van der Waals surface area (Å²) in [4.78, 5) is 22.2. The number of methoxy groups -OCH3 is 1. The molecule has 1 unspecified atom stereocenters. The number of allylic oxidation sites excluding steroid dienone is 1. The van der Waals surface area contributed by atoms with E-state index in [1.54, 1.807) is 6.92 Å². The fourth-order valence-corrected chi connectivity index (χ4v) is 0.924. The molecule has 0 rings (SSSR count). The van der Waals surface area contributed by atoms with Crippen LogP contribution < -0.4 is 0 Å². The minimum absolute atomic E-state index is 0.109. The number of carbonyl (C=O) groups is 2. The Morgan fingerprint density at radius 1 is 1.50 bits per heavy atom. The van der Waals surface area contributed by atoms with Crippen molar-refractivity contribution in [1.82, 2.24) is 0 Å². The first-order valence-corrected chi connectivity index (χ1v) is 4.83. The Labute approximate surface area is 94.6 Å². The highest BCUT2D eigenvalue weighted by atomic mass is 16.5. The van der Waals surface area contributed by atoms with Gasteiger partial charge in [0, 0.05) is 6.08 Å². The number of nitriles is 1. The van der Waals surface area contributed by atoms with Crippen molar-refractivity contribution in [3.63, 3.8) is 0 Å². The molecule has 0 aromatic rings. The Bertz CT molecular complexity index is 329. The lowest BCUT2D eigenvalue weighted by molar-refractivity contribution is -0.151. The summed E-state index contributed by atoms with van der Waals surface area (Å²) in [6, 6.07) is 1.88. The highest BCUT2D eigenvalue weighted by molar-refractivity contribution is 5.82.